The molecule has 1 saturated carbocycles. The van der Waals surface area contributed by atoms with Gasteiger partial charge in [-0.1, -0.05) is 29.3 Å². The molecule has 2 aliphatic carbocycles. The zero-order valence-electron chi connectivity index (χ0n) is 20.8. The van der Waals surface area contributed by atoms with E-state index in [1.807, 2.05) is 23.1 Å². The second-order valence-electron chi connectivity index (χ2n) is 10.2. The number of benzene rings is 1. The summed E-state index contributed by atoms with van der Waals surface area (Å²) in [6.45, 7) is 5.95. The molecule has 3 heterocycles. The number of primary amides is 1. The highest BCUT2D eigenvalue weighted by atomic mass is 35.5. The van der Waals surface area contributed by atoms with E-state index in [9.17, 15) is 4.79 Å². The van der Waals surface area contributed by atoms with Gasteiger partial charge in [-0.2, -0.15) is 9.97 Å². The van der Waals surface area contributed by atoms with Crippen molar-refractivity contribution in [2.75, 3.05) is 49.5 Å². The molecular formula is C27H30ClN7O2. The second kappa shape index (κ2) is 9.79. The number of fused-ring (bicyclic) bond motifs is 1. The zero-order valence-corrected chi connectivity index (χ0v) is 21.6. The van der Waals surface area contributed by atoms with Gasteiger partial charge in [0.1, 0.15) is 23.2 Å². The molecule has 1 saturated heterocycles. The predicted octanol–water partition coefficient (Wildman–Crippen LogP) is 3.65. The van der Waals surface area contributed by atoms with Gasteiger partial charge in [-0.3, -0.25) is 14.7 Å². The fourth-order valence-corrected chi connectivity index (χ4v) is 5.37. The molecule has 0 spiro atoms. The van der Waals surface area contributed by atoms with Gasteiger partial charge in [0, 0.05) is 37.8 Å². The summed E-state index contributed by atoms with van der Waals surface area (Å²) in [5.74, 6) is 3.04. The van der Waals surface area contributed by atoms with Gasteiger partial charge < -0.3 is 20.7 Å². The molecule has 0 atom stereocenters. The van der Waals surface area contributed by atoms with Crippen molar-refractivity contribution < 1.29 is 9.53 Å². The number of nitrogens with two attached hydrogens (primary N) is 1. The molecule has 3 N–H and O–H groups in total. The van der Waals surface area contributed by atoms with Crippen LogP contribution < -0.4 is 20.7 Å². The van der Waals surface area contributed by atoms with Crippen LogP contribution in [0.3, 0.4) is 0 Å². The molecule has 1 aromatic carbocycles. The topological polar surface area (TPSA) is 109 Å². The molecule has 2 aromatic rings. The van der Waals surface area contributed by atoms with Crippen LogP contribution in [0.2, 0.25) is 5.02 Å². The Balaban J connectivity index is 1.26. The molecule has 9 nitrogen and oxygen atoms in total. The summed E-state index contributed by atoms with van der Waals surface area (Å²) in [4.78, 5) is 29.6. The van der Waals surface area contributed by atoms with E-state index in [1.54, 1.807) is 0 Å². The quantitative estimate of drug-likeness (QED) is 0.574. The zero-order chi connectivity index (χ0) is 25.5. The van der Waals surface area contributed by atoms with E-state index < -0.39 is 0 Å². The molecule has 1 amide bonds. The number of aliphatic imine (C=N–C) groups is 1. The summed E-state index contributed by atoms with van der Waals surface area (Å²) >= 11 is 6.72. The minimum atomic E-state index is -0.315. The summed E-state index contributed by atoms with van der Waals surface area (Å²) in [5, 5.41) is 3.92. The number of carbonyl (C=O) groups excluding carboxylic acids is 1. The van der Waals surface area contributed by atoms with Crippen LogP contribution in [0.15, 0.2) is 40.4 Å². The SMILES string of the molecule is CC1=Cc2c(ccc(Oc3nc(NC4=NCC(C5CC5)=C4)cc(N4CCN(CC(N)=O)CC4)n3)c2Cl)C1. The van der Waals surface area contributed by atoms with Crippen molar-refractivity contribution in [3.8, 4) is 11.8 Å². The van der Waals surface area contributed by atoms with Crippen molar-refractivity contribution in [2.24, 2.45) is 16.6 Å². The molecule has 0 radical (unpaired) electrons. The molecule has 1 aromatic heterocycles. The van der Waals surface area contributed by atoms with E-state index in [0.717, 1.165) is 30.2 Å². The van der Waals surface area contributed by atoms with Gasteiger partial charge >= 0.3 is 6.01 Å². The molecule has 2 aliphatic heterocycles. The molecule has 2 fully saturated rings. The maximum atomic E-state index is 11.3. The minimum absolute atomic E-state index is 0.213. The first-order valence-corrected chi connectivity index (χ1v) is 13.1. The van der Waals surface area contributed by atoms with Crippen molar-refractivity contribution in [3.63, 3.8) is 0 Å². The number of aromatic nitrogens is 2. The van der Waals surface area contributed by atoms with E-state index in [2.05, 4.69) is 39.3 Å². The monoisotopic (exact) mass is 519 g/mol. The number of allylic oxidation sites excluding steroid dienone is 1. The first-order chi connectivity index (χ1) is 17.9. The third-order valence-electron chi connectivity index (χ3n) is 7.18. The predicted molar refractivity (Wildman–Crippen MR) is 145 cm³/mol. The second-order valence-corrected chi connectivity index (χ2v) is 10.5. The lowest BCUT2D eigenvalue weighted by molar-refractivity contribution is -0.119. The van der Waals surface area contributed by atoms with Crippen LogP contribution in [0.4, 0.5) is 11.6 Å². The third-order valence-corrected chi connectivity index (χ3v) is 7.57. The number of ether oxygens (including phenoxy) is 1. The Morgan fingerprint density at radius 2 is 2.00 bits per heavy atom. The van der Waals surface area contributed by atoms with Gasteiger partial charge in [0.05, 0.1) is 18.1 Å². The van der Waals surface area contributed by atoms with Gasteiger partial charge in [-0.15, -0.1) is 0 Å². The van der Waals surface area contributed by atoms with Crippen LogP contribution in [0, 0.1) is 5.92 Å². The number of hydrogen-bond acceptors (Lipinski definition) is 8. The summed E-state index contributed by atoms with van der Waals surface area (Å²) in [7, 11) is 0. The van der Waals surface area contributed by atoms with Crippen LogP contribution in [0.1, 0.15) is 30.9 Å². The van der Waals surface area contributed by atoms with Gasteiger partial charge in [0.25, 0.3) is 0 Å². The number of carbonyl (C=O) groups is 1. The normalized spacial score (nSPS) is 19.3. The number of nitrogens with one attached hydrogen (secondary N) is 1. The average molecular weight is 520 g/mol. The van der Waals surface area contributed by atoms with Crippen LogP contribution in [-0.4, -0.2) is 65.9 Å². The molecule has 0 bridgehead atoms. The minimum Gasteiger partial charge on any atom is -0.423 e. The number of nitrogens with zero attached hydrogens (tertiary/aromatic N) is 5. The smallest absolute Gasteiger partial charge is 0.325 e. The fourth-order valence-electron chi connectivity index (χ4n) is 5.09. The van der Waals surface area contributed by atoms with Crippen molar-refractivity contribution in [3.05, 3.63) is 51.6 Å². The summed E-state index contributed by atoms with van der Waals surface area (Å²) in [5.41, 5.74) is 10.2. The maximum Gasteiger partial charge on any atom is 0.325 e. The molecule has 192 valence electrons. The lowest BCUT2D eigenvalue weighted by Gasteiger charge is -2.34. The first kappa shape index (κ1) is 23.9. The van der Waals surface area contributed by atoms with Crippen molar-refractivity contribution >= 4 is 41.1 Å². The Kier molecular flexibility index (Phi) is 6.34. The Labute approximate surface area is 221 Å². The van der Waals surface area contributed by atoms with Crippen molar-refractivity contribution in [1.82, 2.24) is 14.9 Å². The summed E-state index contributed by atoms with van der Waals surface area (Å²) in [6.07, 6.45) is 7.64. The summed E-state index contributed by atoms with van der Waals surface area (Å²) in [6, 6.07) is 6.05. The van der Waals surface area contributed by atoms with Crippen LogP contribution in [0.5, 0.6) is 11.8 Å². The largest absolute Gasteiger partial charge is 0.423 e. The molecule has 4 aliphatic rings. The lowest BCUT2D eigenvalue weighted by atomic mass is 10.1. The molecule has 37 heavy (non-hydrogen) atoms. The number of anilines is 2. The lowest BCUT2D eigenvalue weighted by Crippen LogP contribution is -2.49. The summed E-state index contributed by atoms with van der Waals surface area (Å²) < 4.78 is 6.17. The highest BCUT2D eigenvalue weighted by Gasteiger charge is 2.28. The van der Waals surface area contributed by atoms with Crippen molar-refractivity contribution in [1.29, 1.82) is 0 Å². The van der Waals surface area contributed by atoms with E-state index >= 15 is 0 Å². The highest BCUT2D eigenvalue weighted by molar-refractivity contribution is 6.33. The van der Waals surface area contributed by atoms with Crippen molar-refractivity contribution in [2.45, 2.75) is 26.2 Å². The highest BCUT2D eigenvalue weighted by Crippen LogP contribution is 2.39. The van der Waals surface area contributed by atoms with E-state index in [-0.39, 0.29) is 18.5 Å². The van der Waals surface area contributed by atoms with E-state index in [4.69, 9.17) is 27.1 Å². The van der Waals surface area contributed by atoms with Gasteiger partial charge in [-0.05, 0) is 55.4 Å². The van der Waals surface area contributed by atoms with Gasteiger partial charge in [0.2, 0.25) is 5.91 Å². The first-order valence-electron chi connectivity index (χ1n) is 12.7. The maximum absolute atomic E-state index is 11.3. The number of hydrogen-bond donors (Lipinski definition) is 2. The van der Waals surface area contributed by atoms with Crippen LogP contribution in [0.25, 0.3) is 6.08 Å². The molecular weight excluding hydrogens is 490 g/mol. The Hall–Kier alpha value is -3.43. The van der Waals surface area contributed by atoms with Crippen LogP contribution >= 0.6 is 11.6 Å². The van der Waals surface area contributed by atoms with Crippen LogP contribution in [-0.2, 0) is 11.2 Å². The number of piperazine rings is 1. The van der Waals surface area contributed by atoms with E-state index in [0.29, 0.717) is 48.7 Å². The average Bonchev–Trinajstić information content (AvgIpc) is 3.49. The van der Waals surface area contributed by atoms with Gasteiger partial charge in [0.15, 0.2) is 0 Å². The Morgan fingerprint density at radius 1 is 1.19 bits per heavy atom. The number of amidine groups is 1. The Bertz CT molecular complexity index is 1340. The van der Waals surface area contributed by atoms with Gasteiger partial charge in [-0.25, -0.2) is 0 Å². The third kappa shape index (κ3) is 5.33. The number of halogens is 1. The standard InChI is InChI=1S/C27H30ClN7O2/c1-16-10-18-4-5-21(26(28)20(18)11-16)37-27-32-24(31-23-12-19(14-30-23)17-2-3-17)13-25(33-27)35-8-6-34(7-9-35)15-22(29)36/h4-5,11-13,17H,2-3,6-10,14-15H2,1H3,(H2,29,36)(H,30,31,32,33). The molecule has 10 heteroatoms. The Morgan fingerprint density at radius 3 is 2.76 bits per heavy atom. The molecule has 6 rings (SSSR count). The van der Waals surface area contributed by atoms with E-state index in [1.165, 1.54) is 29.6 Å². The number of rotatable bonds is 7. The number of amides is 1. The molecule has 0 unspecified atom stereocenters. The fraction of sp³-hybridized carbons (Fsp3) is 0.407.